The van der Waals surface area contributed by atoms with Crippen LogP contribution in [0.2, 0.25) is 5.02 Å². The summed E-state index contributed by atoms with van der Waals surface area (Å²) in [5.74, 6) is -0.674. The maximum atomic E-state index is 14.3. The third-order valence-corrected chi connectivity index (χ3v) is 10.1. The van der Waals surface area contributed by atoms with Crippen LogP contribution in [-0.2, 0) is 26.2 Å². The first-order valence-corrected chi connectivity index (χ1v) is 16.4. The molecule has 1 fully saturated rings. The molecule has 1 atom stereocenters. The van der Waals surface area contributed by atoms with Crippen LogP contribution >= 0.6 is 11.6 Å². The number of sulfonamides is 1. The Hall–Kier alpha value is -3.36. The van der Waals surface area contributed by atoms with E-state index in [0.29, 0.717) is 17.1 Å². The minimum atomic E-state index is -4.11. The summed E-state index contributed by atoms with van der Waals surface area (Å²) in [5, 5.41) is 3.74. The summed E-state index contributed by atoms with van der Waals surface area (Å²) in [5.41, 5.74) is 2.89. The maximum absolute atomic E-state index is 14.3. The Morgan fingerprint density at radius 3 is 2.24 bits per heavy atom. The van der Waals surface area contributed by atoms with E-state index in [0.717, 1.165) is 48.8 Å². The molecule has 7 nitrogen and oxygen atoms in total. The molecule has 9 heteroatoms. The fraction of sp³-hybridized carbons (Fsp3) is 0.394. The summed E-state index contributed by atoms with van der Waals surface area (Å²) in [6, 6.07) is 19.9. The van der Waals surface area contributed by atoms with Gasteiger partial charge in [-0.15, -0.1) is 0 Å². The second kappa shape index (κ2) is 14.2. The number of nitrogens with one attached hydrogen (secondary N) is 1. The Bertz CT molecular complexity index is 1470. The molecule has 4 rings (SSSR count). The number of nitrogens with zero attached hydrogens (tertiary/aromatic N) is 2. The van der Waals surface area contributed by atoms with E-state index in [2.05, 4.69) is 5.32 Å². The van der Waals surface area contributed by atoms with E-state index in [-0.39, 0.29) is 23.4 Å². The number of rotatable bonds is 11. The summed E-state index contributed by atoms with van der Waals surface area (Å²) >= 11 is 6.11. The van der Waals surface area contributed by atoms with Crippen LogP contribution < -0.4 is 9.62 Å². The molecule has 42 heavy (non-hydrogen) atoms. The fourth-order valence-corrected chi connectivity index (χ4v) is 7.11. The number of halogens is 1. The average Bonchev–Trinajstić information content (AvgIpc) is 2.99. The molecule has 0 saturated heterocycles. The highest BCUT2D eigenvalue weighted by atomic mass is 35.5. The summed E-state index contributed by atoms with van der Waals surface area (Å²) in [7, 11) is -4.11. The highest BCUT2D eigenvalue weighted by Crippen LogP contribution is 2.29. The summed E-state index contributed by atoms with van der Waals surface area (Å²) < 4.78 is 29.3. The molecule has 0 radical (unpaired) electrons. The van der Waals surface area contributed by atoms with Crippen LogP contribution in [0.4, 0.5) is 5.69 Å². The monoisotopic (exact) mass is 609 g/mol. The Morgan fingerprint density at radius 2 is 1.60 bits per heavy atom. The number of aryl methyl sites for hydroxylation is 1. The van der Waals surface area contributed by atoms with Gasteiger partial charge in [-0.1, -0.05) is 80.3 Å². The Balaban J connectivity index is 1.72. The number of hydrogen-bond donors (Lipinski definition) is 1. The minimum Gasteiger partial charge on any atom is -0.352 e. The van der Waals surface area contributed by atoms with Crippen molar-refractivity contribution in [2.24, 2.45) is 0 Å². The van der Waals surface area contributed by atoms with E-state index in [4.69, 9.17) is 11.6 Å². The molecule has 1 N–H and O–H groups in total. The first-order chi connectivity index (χ1) is 20.1. The molecule has 0 spiro atoms. The Labute approximate surface area is 254 Å². The number of amides is 2. The van der Waals surface area contributed by atoms with E-state index < -0.39 is 28.5 Å². The summed E-state index contributed by atoms with van der Waals surface area (Å²) in [6.07, 6.45) is 5.52. The standard InChI is InChI=1S/C33H40ClN3O4S/c1-4-30(33(39)35-28-13-7-5-8-14-28)36(22-26-18-20-27(34)21-19-26)32(38)23-37(31-17-11-12-24(2)25(31)3)42(40,41)29-15-9-6-10-16-29/h6,9-12,15-21,28,30H,4-5,7-8,13-14,22-23H2,1-3H3,(H,35,39)/t30-/m1/s1. The maximum Gasteiger partial charge on any atom is 0.264 e. The zero-order valence-electron chi connectivity index (χ0n) is 24.6. The van der Waals surface area contributed by atoms with E-state index in [1.807, 2.05) is 39.0 Å². The normalized spacial score (nSPS) is 14.7. The van der Waals surface area contributed by atoms with Gasteiger partial charge in [0.2, 0.25) is 11.8 Å². The number of hydrogen-bond acceptors (Lipinski definition) is 4. The van der Waals surface area contributed by atoms with Crippen molar-refractivity contribution < 1.29 is 18.0 Å². The van der Waals surface area contributed by atoms with Gasteiger partial charge in [0.05, 0.1) is 10.6 Å². The van der Waals surface area contributed by atoms with Crippen LogP contribution in [0.1, 0.15) is 62.1 Å². The van der Waals surface area contributed by atoms with Crippen molar-refractivity contribution in [3.63, 3.8) is 0 Å². The lowest BCUT2D eigenvalue weighted by molar-refractivity contribution is -0.140. The molecule has 224 valence electrons. The molecule has 0 bridgehead atoms. The van der Waals surface area contributed by atoms with Gasteiger partial charge >= 0.3 is 0 Å². The van der Waals surface area contributed by atoms with Gasteiger partial charge < -0.3 is 10.2 Å². The number of carbonyl (C=O) groups is 2. The number of benzene rings is 3. The van der Waals surface area contributed by atoms with Gasteiger partial charge in [-0.05, 0) is 80.1 Å². The van der Waals surface area contributed by atoms with Crippen molar-refractivity contribution >= 4 is 39.1 Å². The predicted octanol–water partition coefficient (Wildman–Crippen LogP) is 6.41. The van der Waals surface area contributed by atoms with Gasteiger partial charge in [-0.25, -0.2) is 8.42 Å². The zero-order chi connectivity index (χ0) is 30.3. The third kappa shape index (κ3) is 7.53. The molecule has 1 aliphatic rings. The van der Waals surface area contributed by atoms with E-state index >= 15 is 0 Å². The van der Waals surface area contributed by atoms with Gasteiger partial charge in [0.1, 0.15) is 12.6 Å². The van der Waals surface area contributed by atoms with Crippen LogP contribution in [0, 0.1) is 13.8 Å². The van der Waals surface area contributed by atoms with Crippen molar-refractivity contribution in [3.8, 4) is 0 Å². The topological polar surface area (TPSA) is 86.8 Å². The van der Waals surface area contributed by atoms with Crippen molar-refractivity contribution in [2.45, 2.75) is 82.8 Å². The van der Waals surface area contributed by atoms with Gasteiger partial charge in [-0.2, -0.15) is 0 Å². The molecule has 2 amide bonds. The van der Waals surface area contributed by atoms with E-state index in [1.54, 1.807) is 42.5 Å². The van der Waals surface area contributed by atoms with Crippen LogP contribution in [0.5, 0.6) is 0 Å². The quantitative estimate of drug-likeness (QED) is 0.272. The minimum absolute atomic E-state index is 0.0812. The molecule has 1 saturated carbocycles. The SMILES string of the molecule is CC[C@H](C(=O)NC1CCCCC1)N(Cc1ccc(Cl)cc1)C(=O)CN(c1cccc(C)c1C)S(=O)(=O)c1ccccc1. The van der Waals surface area contributed by atoms with Crippen LogP contribution in [0.15, 0.2) is 77.7 Å². The van der Waals surface area contributed by atoms with Crippen molar-refractivity contribution in [2.75, 3.05) is 10.8 Å². The lowest BCUT2D eigenvalue weighted by atomic mass is 9.95. The predicted molar refractivity (Wildman–Crippen MR) is 168 cm³/mol. The number of anilines is 1. The second-order valence-electron chi connectivity index (χ2n) is 11.0. The fourth-order valence-electron chi connectivity index (χ4n) is 5.49. The second-order valence-corrected chi connectivity index (χ2v) is 13.3. The molecule has 3 aromatic rings. The van der Waals surface area contributed by atoms with Crippen molar-refractivity contribution in [1.82, 2.24) is 10.2 Å². The lowest BCUT2D eigenvalue weighted by Gasteiger charge is -2.35. The first-order valence-electron chi connectivity index (χ1n) is 14.6. The van der Waals surface area contributed by atoms with E-state index in [1.165, 1.54) is 21.3 Å². The van der Waals surface area contributed by atoms with Gasteiger partial charge in [0, 0.05) is 17.6 Å². The van der Waals surface area contributed by atoms with Crippen LogP contribution in [0.25, 0.3) is 0 Å². The number of carbonyl (C=O) groups excluding carboxylic acids is 2. The smallest absolute Gasteiger partial charge is 0.264 e. The Kier molecular flexibility index (Phi) is 10.7. The summed E-state index contributed by atoms with van der Waals surface area (Å²) in [4.78, 5) is 29.5. The van der Waals surface area contributed by atoms with Gasteiger partial charge in [0.25, 0.3) is 10.0 Å². The molecule has 3 aromatic carbocycles. The highest BCUT2D eigenvalue weighted by molar-refractivity contribution is 7.92. The van der Waals surface area contributed by atoms with E-state index in [9.17, 15) is 18.0 Å². The highest BCUT2D eigenvalue weighted by Gasteiger charge is 2.35. The van der Waals surface area contributed by atoms with Crippen LogP contribution in [0.3, 0.4) is 0 Å². The molecule has 0 aromatic heterocycles. The molecule has 1 aliphatic carbocycles. The van der Waals surface area contributed by atoms with Crippen molar-refractivity contribution in [3.05, 3.63) is 94.5 Å². The molecule has 0 unspecified atom stereocenters. The zero-order valence-corrected chi connectivity index (χ0v) is 26.1. The molecule has 0 heterocycles. The van der Waals surface area contributed by atoms with Gasteiger partial charge in [-0.3, -0.25) is 13.9 Å². The largest absolute Gasteiger partial charge is 0.352 e. The molecular weight excluding hydrogens is 570 g/mol. The lowest BCUT2D eigenvalue weighted by Crippen LogP contribution is -2.54. The molecule has 0 aliphatic heterocycles. The van der Waals surface area contributed by atoms with Gasteiger partial charge in [0.15, 0.2) is 0 Å². The Morgan fingerprint density at radius 1 is 0.929 bits per heavy atom. The summed E-state index contributed by atoms with van der Waals surface area (Å²) in [6.45, 7) is 5.31. The van der Waals surface area contributed by atoms with Crippen LogP contribution in [-0.4, -0.2) is 43.8 Å². The average molecular weight is 610 g/mol. The van der Waals surface area contributed by atoms with Crippen molar-refractivity contribution in [1.29, 1.82) is 0 Å². The third-order valence-electron chi connectivity index (χ3n) is 8.06. The molecular formula is C33H40ClN3O4S. The first kappa shape index (κ1) is 31.6.